The van der Waals surface area contributed by atoms with Crippen molar-refractivity contribution in [3.63, 3.8) is 0 Å². The van der Waals surface area contributed by atoms with Crippen LogP contribution in [-0.2, 0) is 27.1 Å². The van der Waals surface area contributed by atoms with Gasteiger partial charge in [0.25, 0.3) is 0 Å². The molecule has 130 valence electrons. The molecule has 1 rings (SSSR count). The van der Waals surface area contributed by atoms with E-state index in [0.717, 1.165) is 6.07 Å². The molecule has 5 nitrogen and oxygen atoms in total. The lowest BCUT2D eigenvalue weighted by atomic mass is 10.0. The maximum atomic E-state index is 12.9. The summed E-state index contributed by atoms with van der Waals surface area (Å²) in [4.78, 5) is 10.6. The summed E-state index contributed by atoms with van der Waals surface area (Å²) in [5.74, 6) is -1.79. The highest BCUT2D eigenvalue weighted by atomic mass is 32.2. The number of carboxylic acids is 1. The number of rotatable bonds is 7. The summed E-state index contributed by atoms with van der Waals surface area (Å²) in [6.45, 7) is 1.65. The molecule has 23 heavy (non-hydrogen) atoms. The summed E-state index contributed by atoms with van der Waals surface area (Å²) >= 11 is 0. The van der Waals surface area contributed by atoms with Crippen LogP contribution in [0.1, 0.15) is 23.1 Å². The van der Waals surface area contributed by atoms with Gasteiger partial charge in [0.05, 0.1) is 5.56 Å². The van der Waals surface area contributed by atoms with Gasteiger partial charge in [0.15, 0.2) is 0 Å². The van der Waals surface area contributed by atoms with Crippen LogP contribution >= 0.6 is 0 Å². The Kier molecular flexibility index (Phi) is 6.18. The average Bonchev–Trinajstić information content (AvgIpc) is 2.41. The van der Waals surface area contributed by atoms with Crippen molar-refractivity contribution in [3.8, 4) is 0 Å². The van der Waals surface area contributed by atoms with Gasteiger partial charge in [-0.3, -0.25) is 9.57 Å². The summed E-state index contributed by atoms with van der Waals surface area (Å²) in [5, 5.41) is 8.64. The first-order chi connectivity index (χ1) is 10.4. The van der Waals surface area contributed by atoms with Gasteiger partial charge in [0, 0.05) is 21.2 Å². The number of aliphatic carboxylic acids is 1. The Morgan fingerprint density at radius 1 is 1.39 bits per heavy atom. The van der Waals surface area contributed by atoms with Gasteiger partial charge < -0.3 is 10.8 Å². The van der Waals surface area contributed by atoms with Crippen LogP contribution in [0.15, 0.2) is 18.2 Å². The predicted octanol–water partition coefficient (Wildman–Crippen LogP) is 2.41. The lowest BCUT2D eigenvalue weighted by molar-refractivity contribution is -0.139. The molecular formula is C14H19F3N2O3S. The van der Waals surface area contributed by atoms with Crippen molar-refractivity contribution >= 4 is 15.7 Å². The molecule has 9 heteroatoms. The molecule has 4 N–H and O–H groups in total. The molecule has 1 aromatic rings. The van der Waals surface area contributed by atoms with E-state index < -0.39 is 33.5 Å². The molecule has 0 aliphatic rings. The van der Waals surface area contributed by atoms with E-state index in [0.29, 0.717) is 5.56 Å². The van der Waals surface area contributed by atoms with E-state index in [1.165, 1.54) is 12.1 Å². The first kappa shape index (κ1) is 19.4. The van der Waals surface area contributed by atoms with Crippen molar-refractivity contribution in [2.75, 3.05) is 11.5 Å². The molecule has 0 saturated carbocycles. The maximum absolute atomic E-state index is 12.9. The Balaban J connectivity index is 2.81. The molecule has 0 spiro atoms. The van der Waals surface area contributed by atoms with Crippen LogP contribution in [0.25, 0.3) is 0 Å². The Morgan fingerprint density at radius 2 is 2.00 bits per heavy atom. The van der Waals surface area contributed by atoms with Crippen LogP contribution in [0.5, 0.6) is 0 Å². The lowest BCUT2D eigenvalue weighted by Gasteiger charge is -2.15. The van der Waals surface area contributed by atoms with Gasteiger partial charge in [-0.25, -0.2) is 4.21 Å². The first-order valence-electron chi connectivity index (χ1n) is 6.81. The fourth-order valence-corrected chi connectivity index (χ4v) is 3.41. The zero-order chi connectivity index (χ0) is 17.8. The molecule has 0 amide bonds. The third-order valence-electron chi connectivity index (χ3n) is 3.34. The molecule has 0 radical (unpaired) electrons. The molecule has 0 aliphatic carbocycles. The normalized spacial score (nSPS) is 15.9. The Morgan fingerprint density at radius 3 is 2.52 bits per heavy atom. The van der Waals surface area contributed by atoms with Crippen LogP contribution in [-0.4, -0.2) is 32.8 Å². The van der Waals surface area contributed by atoms with Crippen molar-refractivity contribution < 1.29 is 27.3 Å². The summed E-state index contributed by atoms with van der Waals surface area (Å²) in [6.07, 6.45) is -4.84. The molecule has 0 bridgehead atoms. The van der Waals surface area contributed by atoms with Crippen molar-refractivity contribution in [1.29, 1.82) is 4.78 Å². The molecule has 0 heterocycles. The zero-order valence-corrected chi connectivity index (χ0v) is 13.3. The highest BCUT2D eigenvalue weighted by Crippen LogP contribution is 2.32. The van der Waals surface area contributed by atoms with Gasteiger partial charge in [0.1, 0.15) is 6.04 Å². The molecule has 1 unspecified atom stereocenters. The number of benzene rings is 1. The number of hydrogen-bond donors (Lipinski definition) is 3. The summed E-state index contributed by atoms with van der Waals surface area (Å²) in [7, 11) is -3.19. The fraction of sp³-hybridized carbons (Fsp3) is 0.500. The second kappa shape index (κ2) is 7.31. The van der Waals surface area contributed by atoms with Crippen LogP contribution in [0.4, 0.5) is 13.2 Å². The third kappa shape index (κ3) is 6.19. The van der Waals surface area contributed by atoms with E-state index in [-0.39, 0.29) is 29.9 Å². The molecule has 1 aromatic carbocycles. The Bertz CT molecular complexity index is 672. The number of aryl methyl sites for hydroxylation is 2. The van der Waals surface area contributed by atoms with E-state index >= 15 is 0 Å². The molecular weight excluding hydrogens is 333 g/mol. The molecule has 2 atom stereocenters. The summed E-state index contributed by atoms with van der Waals surface area (Å²) in [5.41, 5.74) is 5.09. The first-order valence-corrected chi connectivity index (χ1v) is 8.71. The number of carbonyl (C=O) groups is 1. The second-order valence-corrected chi connectivity index (χ2v) is 7.80. The summed E-state index contributed by atoms with van der Waals surface area (Å²) in [6, 6.07) is 2.44. The summed E-state index contributed by atoms with van der Waals surface area (Å²) < 4.78 is 58.6. The smallest absolute Gasteiger partial charge is 0.416 e. The van der Waals surface area contributed by atoms with Crippen LogP contribution in [0.3, 0.4) is 0 Å². The standard InChI is InChI=1S/C14H19F3N2O3S/c1-9-2-3-11(14(15,16)17)10(8-9)4-6-23(19,22)7-5-12(18)13(20)21/h2-3,8,12,19H,4-7,18H2,1H3,(H,20,21)/t12-,23?/m0/s1. The van der Waals surface area contributed by atoms with Crippen molar-refractivity contribution in [2.45, 2.75) is 32.0 Å². The number of nitrogens with one attached hydrogen (secondary N) is 1. The number of carboxylic acid groups (broad SMARTS) is 1. The van der Waals surface area contributed by atoms with Gasteiger partial charge in [-0.1, -0.05) is 17.7 Å². The number of nitrogens with two attached hydrogens (primary N) is 1. The van der Waals surface area contributed by atoms with Crippen molar-refractivity contribution in [3.05, 3.63) is 34.9 Å². The van der Waals surface area contributed by atoms with E-state index in [4.69, 9.17) is 15.6 Å². The third-order valence-corrected chi connectivity index (χ3v) is 5.10. The van der Waals surface area contributed by atoms with Gasteiger partial charge in [-0.2, -0.15) is 13.2 Å². The second-order valence-electron chi connectivity index (χ2n) is 5.36. The highest BCUT2D eigenvalue weighted by molar-refractivity contribution is 7.92. The minimum absolute atomic E-state index is 0.0139. The molecule has 0 aromatic heterocycles. The van der Waals surface area contributed by atoms with E-state index in [1.807, 2.05) is 0 Å². The number of halogens is 3. The van der Waals surface area contributed by atoms with Crippen molar-refractivity contribution in [2.24, 2.45) is 5.73 Å². The van der Waals surface area contributed by atoms with E-state index in [9.17, 15) is 22.2 Å². The van der Waals surface area contributed by atoms with Gasteiger partial charge in [-0.15, -0.1) is 0 Å². The lowest BCUT2D eigenvalue weighted by Crippen LogP contribution is -2.32. The van der Waals surface area contributed by atoms with Gasteiger partial charge >= 0.3 is 12.1 Å². The Hall–Kier alpha value is -1.61. The van der Waals surface area contributed by atoms with E-state index in [2.05, 4.69) is 0 Å². The van der Waals surface area contributed by atoms with Crippen LogP contribution in [0.2, 0.25) is 0 Å². The molecule has 0 fully saturated rings. The minimum Gasteiger partial charge on any atom is -0.480 e. The van der Waals surface area contributed by atoms with Crippen molar-refractivity contribution in [1.82, 2.24) is 0 Å². The number of alkyl halides is 3. The maximum Gasteiger partial charge on any atom is 0.416 e. The fourth-order valence-electron chi connectivity index (χ4n) is 2.02. The zero-order valence-electron chi connectivity index (χ0n) is 12.5. The van der Waals surface area contributed by atoms with E-state index in [1.54, 1.807) is 6.92 Å². The molecule has 0 aliphatic heterocycles. The monoisotopic (exact) mass is 352 g/mol. The number of hydrogen-bond acceptors (Lipinski definition) is 4. The Labute approximate surface area is 132 Å². The topological polar surface area (TPSA) is 104 Å². The predicted molar refractivity (Wildman–Crippen MR) is 80.7 cm³/mol. The minimum atomic E-state index is -4.52. The largest absolute Gasteiger partial charge is 0.480 e. The molecule has 0 saturated heterocycles. The quantitative estimate of drug-likeness (QED) is 0.701. The average molecular weight is 352 g/mol. The van der Waals surface area contributed by atoms with Gasteiger partial charge in [0.2, 0.25) is 0 Å². The van der Waals surface area contributed by atoms with Crippen LogP contribution < -0.4 is 5.73 Å². The SMILES string of the molecule is Cc1ccc(C(F)(F)F)c(CCS(=N)(=O)CC[C@H](N)C(=O)O)c1. The van der Waals surface area contributed by atoms with Gasteiger partial charge in [-0.05, 0) is 31.4 Å². The van der Waals surface area contributed by atoms with Crippen LogP contribution in [0, 0.1) is 11.7 Å². The highest BCUT2D eigenvalue weighted by Gasteiger charge is 2.33.